The minimum Gasteiger partial charge on any atom is -0.385 e. The molecule has 1 N–H and O–H groups in total. The molecule has 0 amide bonds. The summed E-state index contributed by atoms with van der Waals surface area (Å²) in [6.45, 7) is 2.56. The number of rotatable bonds is 6. The average Bonchev–Trinajstić information content (AvgIpc) is 2.30. The van der Waals surface area contributed by atoms with E-state index in [0.29, 0.717) is 12.3 Å². The number of nitro benzene ring substituents is 1. The monoisotopic (exact) mass is 292 g/mol. The molecule has 1 aromatic rings. The molecular weight excluding hydrogens is 279 g/mol. The molecule has 0 aliphatic carbocycles. The number of nitrogens with one attached hydrogen (secondary N) is 1. The van der Waals surface area contributed by atoms with E-state index in [0.717, 1.165) is 6.42 Å². The van der Waals surface area contributed by atoms with Crippen molar-refractivity contribution in [2.45, 2.75) is 19.4 Å². The number of hydrogen-bond donors (Lipinski definition) is 1. The van der Waals surface area contributed by atoms with Crippen LogP contribution in [0.25, 0.3) is 0 Å². The van der Waals surface area contributed by atoms with Crippen molar-refractivity contribution in [2.75, 3.05) is 19.0 Å². The van der Waals surface area contributed by atoms with Gasteiger partial charge in [0, 0.05) is 31.9 Å². The van der Waals surface area contributed by atoms with Gasteiger partial charge in [-0.3, -0.25) is 10.1 Å². The first-order chi connectivity index (χ1) is 8.45. The highest BCUT2D eigenvalue weighted by atomic mass is 35.5. The van der Waals surface area contributed by atoms with Gasteiger partial charge < -0.3 is 10.1 Å². The van der Waals surface area contributed by atoms with Crippen LogP contribution in [0.5, 0.6) is 0 Å². The molecule has 0 spiro atoms. The van der Waals surface area contributed by atoms with Crippen LogP contribution in [0, 0.1) is 10.1 Å². The van der Waals surface area contributed by atoms with Gasteiger partial charge in [0.25, 0.3) is 5.69 Å². The van der Waals surface area contributed by atoms with E-state index >= 15 is 0 Å². The van der Waals surface area contributed by atoms with E-state index in [1.165, 1.54) is 12.1 Å². The Kier molecular flexibility index (Phi) is 5.65. The number of halogens is 2. The summed E-state index contributed by atoms with van der Waals surface area (Å²) in [4.78, 5) is 10.1. The van der Waals surface area contributed by atoms with E-state index in [1.807, 2.05) is 6.92 Å². The highest BCUT2D eigenvalue weighted by Gasteiger charge is 2.15. The summed E-state index contributed by atoms with van der Waals surface area (Å²) in [6.07, 6.45) is 0.778. The molecule has 0 bridgehead atoms. The summed E-state index contributed by atoms with van der Waals surface area (Å²) in [7, 11) is 1.62. The van der Waals surface area contributed by atoms with Crippen LogP contribution in [-0.2, 0) is 4.74 Å². The molecule has 1 atom stereocenters. The lowest BCUT2D eigenvalue weighted by molar-refractivity contribution is -0.384. The van der Waals surface area contributed by atoms with Gasteiger partial charge in [-0.2, -0.15) is 0 Å². The molecule has 18 heavy (non-hydrogen) atoms. The molecule has 0 fully saturated rings. The molecule has 0 saturated carbocycles. The Bertz CT molecular complexity index is 417. The predicted octanol–water partition coefficient (Wildman–Crippen LogP) is 3.74. The normalized spacial score (nSPS) is 12.2. The number of nitrogens with zero attached hydrogens (tertiary/aromatic N) is 1. The third-order valence-corrected chi connectivity index (χ3v) is 2.98. The summed E-state index contributed by atoms with van der Waals surface area (Å²) in [5.74, 6) is 0. The molecule has 1 rings (SSSR count). The Hall–Kier alpha value is -1.04. The Labute approximate surface area is 115 Å². The molecule has 0 aromatic heterocycles. The van der Waals surface area contributed by atoms with Crippen LogP contribution in [0.2, 0.25) is 10.0 Å². The third kappa shape index (κ3) is 4.01. The Balaban J connectivity index is 2.86. The minimum absolute atomic E-state index is 0.0985. The molecular formula is C11H14Cl2N2O3. The Morgan fingerprint density at radius 2 is 2.00 bits per heavy atom. The molecule has 5 nitrogen and oxygen atoms in total. The van der Waals surface area contributed by atoms with Crippen molar-refractivity contribution in [3.05, 3.63) is 32.3 Å². The number of anilines is 1. The third-order valence-electron chi connectivity index (χ3n) is 2.38. The number of nitro groups is 1. The van der Waals surface area contributed by atoms with Gasteiger partial charge in [-0.15, -0.1) is 0 Å². The second kappa shape index (κ2) is 6.78. The van der Waals surface area contributed by atoms with Crippen molar-refractivity contribution < 1.29 is 9.66 Å². The highest BCUT2D eigenvalue weighted by Crippen LogP contribution is 2.35. The molecule has 7 heteroatoms. The first kappa shape index (κ1) is 15.0. The second-order valence-electron chi connectivity index (χ2n) is 3.87. The molecule has 0 radical (unpaired) electrons. The second-order valence-corrected chi connectivity index (χ2v) is 4.68. The fourth-order valence-electron chi connectivity index (χ4n) is 1.42. The maximum absolute atomic E-state index is 10.6. The predicted molar refractivity (Wildman–Crippen MR) is 72.7 cm³/mol. The lowest BCUT2D eigenvalue weighted by Gasteiger charge is -2.17. The first-order valence-corrected chi connectivity index (χ1v) is 6.10. The summed E-state index contributed by atoms with van der Waals surface area (Å²) in [6, 6.07) is 2.65. The van der Waals surface area contributed by atoms with Crippen LogP contribution >= 0.6 is 23.2 Å². The van der Waals surface area contributed by atoms with E-state index in [2.05, 4.69) is 5.32 Å². The quantitative estimate of drug-likeness (QED) is 0.641. The Morgan fingerprint density at radius 1 is 1.44 bits per heavy atom. The summed E-state index contributed by atoms with van der Waals surface area (Å²) < 4.78 is 4.97. The van der Waals surface area contributed by atoms with Crippen LogP contribution in [0.15, 0.2) is 12.1 Å². The summed E-state index contributed by atoms with van der Waals surface area (Å²) in [5.41, 5.74) is 0.382. The molecule has 1 aromatic carbocycles. The van der Waals surface area contributed by atoms with Crippen LogP contribution < -0.4 is 5.32 Å². The summed E-state index contributed by atoms with van der Waals surface area (Å²) >= 11 is 11.9. The number of non-ortho nitro benzene ring substituents is 1. The molecule has 100 valence electrons. The van der Waals surface area contributed by atoms with Crippen LogP contribution in [0.1, 0.15) is 13.3 Å². The molecule has 0 heterocycles. The highest BCUT2D eigenvalue weighted by molar-refractivity contribution is 6.39. The zero-order valence-corrected chi connectivity index (χ0v) is 11.6. The van der Waals surface area contributed by atoms with Crippen molar-refractivity contribution in [2.24, 2.45) is 0 Å². The van der Waals surface area contributed by atoms with Gasteiger partial charge in [0.15, 0.2) is 0 Å². The topological polar surface area (TPSA) is 64.4 Å². The van der Waals surface area contributed by atoms with E-state index in [1.54, 1.807) is 7.11 Å². The van der Waals surface area contributed by atoms with Gasteiger partial charge >= 0.3 is 0 Å². The van der Waals surface area contributed by atoms with Crippen molar-refractivity contribution in [1.82, 2.24) is 0 Å². The minimum atomic E-state index is -0.532. The standard InChI is InChI=1S/C11H14Cl2N2O3/c1-7(3-4-18-2)14-11-9(12)5-8(15(16)17)6-10(11)13/h5-7,14H,3-4H2,1-2H3. The zero-order chi connectivity index (χ0) is 13.7. The summed E-state index contributed by atoms with van der Waals surface area (Å²) in [5, 5.41) is 14.2. The molecule has 0 saturated heterocycles. The maximum Gasteiger partial charge on any atom is 0.272 e. The molecule has 0 aliphatic heterocycles. The first-order valence-electron chi connectivity index (χ1n) is 5.34. The van der Waals surface area contributed by atoms with E-state index < -0.39 is 4.92 Å². The van der Waals surface area contributed by atoms with Crippen LogP contribution in [-0.4, -0.2) is 24.7 Å². The molecule has 0 aliphatic rings. The van der Waals surface area contributed by atoms with Crippen molar-refractivity contribution in [3.63, 3.8) is 0 Å². The number of ether oxygens (including phenoxy) is 1. The zero-order valence-electron chi connectivity index (χ0n) is 10.1. The fourth-order valence-corrected chi connectivity index (χ4v) is 2.00. The molecule has 1 unspecified atom stereocenters. The van der Waals surface area contributed by atoms with Gasteiger partial charge in [-0.1, -0.05) is 23.2 Å². The van der Waals surface area contributed by atoms with Crippen LogP contribution in [0.3, 0.4) is 0 Å². The SMILES string of the molecule is COCCC(C)Nc1c(Cl)cc([N+](=O)[O-])cc1Cl. The lowest BCUT2D eigenvalue weighted by Crippen LogP contribution is -2.17. The van der Waals surface area contributed by atoms with Crippen LogP contribution in [0.4, 0.5) is 11.4 Å². The van der Waals surface area contributed by atoms with E-state index in [4.69, 9.17) is 27.9 Å². The Morgan fingerprint density at radius 3 is 2.44 bits per heavy atom. The van der Waals surface area contributed by atoms with E-state index in [9.17, 15) is 10.1 Å². The van der Waals surface area contributed by atoms with Gasteiger partial charge in [0.05, 0.1) is 20.7 Å². The van der Waals surface area contributed by atoms with Crippen molar-refractivity contribution in [1.29, 1.82) is 0 Å². The number of methoxy groups -OCH3 is 1. The van der Waals surface area contributed by atoms with Gasteiger partial charge in [-0.25, -0.2) is 0 Å². The van der Waals surface area contributed by atoms with Gasteiger partial charge in [0.2, 0.25) is 0 Å². The number of hydrogen-bond acceptors (Lipinski definition) is 4. The van der Waals surface area contributed by atoms with Crippen molar-refractivity contribution >= 4 is 34.6 Å². The fraction of sp³-hybridized carbons (Fsp3) is 0.455. The average molecular weight is 293 g/mol. The number of benzene rings is 1. The van der Waals surface area contributed by atoms with Gasteiger partial charge in [-0.05, 0) is 13.3 Å². The smallest absolute Gasteiger partial charge is 0.272 e. The lowest BCUT2D eigenvalue weighted by atomic mass is 10.2. The maximum atomic E-state index is 10.6. The van der Waals surface area contributed by atoms with Crippen molar-refractivity contribution in [3.8, 4) is 0 Å². The van der Waals surface area contributed by atoms with Gasteiger partial charge in [0.1, 0.15) is 0 Å². The van der Waals surface area contributed by atoms with E-state index in [-0.39, 0.29) is 21.8 Å². The largest absolute Gasteiger partial charge is 0.385 e.